The molecule has 0 unspecified atom stereocenters. The third kappa shape index (κ3) is 2.93. The van der Waals surface area contributed by atoms with Gasteiger partial charge in [0.25, 0.3) is 0 Å². The number of hydrogen-bond donors (Lipinski definition) is 0. The zero-order chi connectivity index (χ0) is 13.1. The van der Waals surface area contributed by atoms with E-state index >= 15 is 0 Å². The van der Waals surface area contributed by atoms with Crippen LogP contribution in [-0.4, -0.2) is 48.1 Å². The molecule has 4 nitrogen and oxygen atoms in total. The molecule has 1 aliphatic rings. The summed E-state index contributed by atoms with van der Waals surface area (Å²) in [5.74, 6) is 0. The first kappa shape index (κ1) is 12.6. The molecule has 0 atom stereocenters. The van der Waals surface area contributed by atoms with Crippen molar-refractivity contribution in [1.82, 2.24) is 14.9 Å². The van der Waals surface area contributed by atoms with Crippen LogP contribution in [0, 0.1) is 0 Å². The Morgan fingerprint density at radius 1 is 1.16 bits per heavy atom. The van der Waals surface area contributed by atoms with Crippen molar-refractivity contribution in [3.8, 4) is 10.6 Å². The minimum absolute atomic E-state index is 1.04. The lowest BCUT2D eigenvalue weighted by atomic mass is 10.2. The summed E-state index contributed by atoms with van der Waals surface area (Å²) in [7, 11) is 2.19. The Bertz CT molecular complexity index is 526. The van der Waals surface area contributed by atoms with E-state index in [1.807, 2.05) is 24.0 Å². The van der Waals surface area contributed by atoms with Crippen LogP contribution in [0.5, 0.6) is 0 Å². The highest BCUT2D eigenvalue weighted by Gasteiger charge is 2.13. The Kier molecular flexibility index (Phi) is 3.75. The van der Waals surface area contributed by atoms with Gasteiger partial charge in [0.15, 0.2) is 0 Å². The average molecular weight is 274 g/mol. The summed E-state index contributed by atoms with van der Waals surface area (Å²) in [4.78, 5) is 13.5. The molecule has 5 heteroatoms. The van der Waals surface area contributed by atoms with E-state index in [2.05, 4.69) is 32.9 Å². The van der Waals surface area contributed by atoms with Gasteiger partial charge < -0.3 is 9.80 Å². The third-order valence-electron chi connectivity index (χ3n) is 3.49. The molecular weight excluding hydrogens is 256 g/mol. The molecule has 0 aromatic carbocycles. The average Bonchev–Trinajstić information content (AvgIpc) is 2.89. The van der Waals surface area contributed by atoms with Gasteiger partial charge in [0.1, 0.15) is 5.01 Å². The monoisotopic (exact) mass is 274 g/mol. The number of hydrogen-bond acceptors (Lipinski definition) is 5. The lowest BCUT2D eigenvalue weighted by Gasteiger charge is -2.22. The molecule has 19 heavy (non-hydrogen) atoms. The van der Waals surface area contributed by atoms with Crippen molar-refractivity contribution < 1.29 is 0 Å². The van der Waals surface area contributed by atoms with E-state index in [1.54, 1.807) is 11.3 Å². The topological polar surface area (TPSA) is 32.3 Å². The smallest absolute Gasteiger partial charge is 0.124 e. The lowest BCUT2D eigenvalue weighted by Crippen LogP contribution is -2.28. The van der Waals surface area contributed by atoms with E-state index in [-0.39, 0.29) is 0 Å². The van der Waals surface area contributed by atoms with E-state index in [4.69, 9.17) is 0 Å². The Hall–Kier alpha value is -1.46. The van der Waals surface area contributed by atoms with Crippen molar-refractivity contribution in [2.24, 2.45) is 0 Å². The minimum atomic E-state index is 1.04. The molecule has 3 rings (SSSR count). The van der Waals surface area contributed by atoms with Gasteiger partial charge in [0.05, 0.1) is 11.9 Å². The molecular formula is C14H18N4S. The number of thiazole rings is 1. The van der Waals surface area contributed by atoms with Gasteiger partial charge in [0, 0.05) is 43.0 Å². The maximum absolute atomic E-state index is 4.38. The molecule has 2 aromatic rings. The molecule has 1 saturated heterocycles. The van der Waals surface area contributed by atoms with Gasteiger partial charge in [-0.05, 0) is 26.1 Å². The van der Waals surface area contributed by atoms with Crippen LogP contribution in [-0.2, 0) is 0 Å². The second-order valence-electron chi connectivity index (χ2n) is 4.91. The molecule has 0 N–H and O–H groups in total. The fourth-order valence-corrected chi connectivity index (χ4v) is 3.01. The standard InChI is InChI=1S/C14H18N4S/c1-17-4-2-5-18(7-6-17)13-9-12(10-15-11-13)14-16-3-8-19-14/h3,8-11H,2,4-7H2,1H3. The largest absolute Gasteiger partial charge is 0.369 e. The zero-order valence-corrected chi connectivity index (χ0v) is 11.9. The fourth-order valence-electron chi connectivity index (χ4n) is 2.39. The van der Waals surface area contributed by atoms with Crippen molar-refractivity contribution in [1.29, 1.82) is 0 Å². The highest BCUT2D eigenvalue weighted by molar-refractivity contribution is 7.13. The summed E-state index contributed by atoms with van der Waals surface area (Å²) in [6, 6.07) is 2.21. The molecule has 2 aromatic heterocycles. The molecule has 0 bridgehead atoms. The number of likely N-dealkylation sites (N-methyl/N-ethyl adjacent to an activating group) is 1. The van der Waals surface area contributed by atoms with Gasteiger partial charge >= 0.3 is 0 Å². The van der Waals surface area contributed by atoms with E-state index in [0.717, 1.165) is 30.2 Å². The molecule has 100 valence electrons. The maximum atomic E-state index is 4.38. The van der Waals surface area contributed by atoms with E-state index in [1.165, 1.54) is 18.7 Å². The Morgan fingerprint density at radius 3 is 2.95 bits per heavy atom. The molecule has 0 amide bonds. The van der Waals surface area contributed by atoms with E-state index in [0.29, 0.717) is 0 Å². The van der Waals surface area contributed by atoms with Crippen molar-refractivity contribution in [2.45, 2.75) is 6.42 Å². The lowest BCUT2D eigenvalue weighted by molar-refractivity contribution is 0.360. The van der Waals surface area contributed by atoms with Crippen LogP contribution in [0.2, 0.25) is 0 Å². The quantitative estimate of drug-likeness (QED) is 0.841. The Balaban J connectivity index is 1.83. The number of anilines is 1. The predicted octanol–water partition coefficient (Wildman–Crippen LogP) is 2.35. The molecule has 1 fully saturated rings. The van der Waals surface area contributed by atoms with Crippen molar-refractivity contribution >= 4 is 17.0 Å². The van der Waals surface area contributed by atoms with Gasteiger partial charge in [-0.25, -0.2) is 4.98 Å². The van der Waals surface area contributed by atoms with E-state index < -0.39 is 0 Å². The summed E-state index contributed by atoms with van der Waals surface area (Å²) >= 11 is 1.66. The molecule has 1 aliphatic heterocycles. The predicted molar refractivity (Wildman–Crippen MR) is 79.7 cm³/mol. The molecule has 0 saturated carbocycles. The first-order valence-corrected chi connectivity index (χ1v) is 7.49. The number of rotatable bonds is 2. The fraction of sp³-hybridized carbons (Fsp3) is 0.429. The first-order chi connectivity index (χ1) is 9.33. The maximum Gasteiger partial charge on any atom is 0.124 e. The van der Waals surface area contributed by atoms with Crippen LogP contribution in [0.4, 0.5) is 5.69 Å². The van der Waals surface area contributed by atoms with Crippen LogP contribution in [0.15, 0.2) is 30.0 Å². The van der Waals surface area contributed by atoms with Crippen LogP contribution < -0.4 is 4.90 Å². The highest BCUT2D eigenvalue weighted by Crippen LogP contribution is 2.25. The second-order valence-corrected chi connectivity index (χ2v) is 5.81. The molecule has 0 radical (unpaired) electrons. The molecule has 3 heterocycles. The van der Waals surface area contributed by atoms with Gasteiger partial charge in [-0.2, -0.15) is 0 Å². The first-order valence-electron chi connectivity index (χ1n) is 6.61. The van der Waals surface area contributed by atoms with Gasteiger partial charge in [-0.15, -0.1) is 11.3 Å². The van der Waals surface area contributed by atoms with Crippen molar-refractivity contribution in [2.75, 3.05) is 38.1 Å². The molecule has 0 aliphatic carbocycles. The second kappa shape index (κ2) is 5.67. The van der Waals surface area contributed by atoms with Gasteiger partial charge in [-0.3, -0.25) is 4.98 Å². The Morgan fingerprint density at radius 2 is 2.11 bits per heavy atom. The SMILES string of the molecule is CN1CCCN(c2cncc(-c3nccs3)c2)CC1. The summed E-state index contributed by atoms with van der Waals surface area (Å²) in [5, 5.41) is 3.05. The summed E-state index contributed by atoms with van der Waals surface area (Å²) in [5.41, 5.74) is 2.33. The number of aromatic nitrogens is 2. The van der Waals surface area contributed by atoms with Crippen LogP contribution >= 0.6 is 11.3 Å². The highest BCUT2D eigenvalue weighted by atomic mass is 32.1. The minimum Gasteiger partial charge on any atom is -0.369 e. The summed E-state index contributed by atoms with van der Waals surface area (Å²) < 4.78 is 0. The Labute approximate surface area is 117 Å². The molecule has 0 spiro atoms. The van der Waals surface area contributed by atoms with Crippen LogP contribution in [0.3, 0.4) is 0 Å². The van der Waals surface area contributed by atoms with Crippen LogP contribution in [0.1, 0.15) is 6.42 Å². The van der Waals surface area contributed by atoms with E-state index in [9.17, 15) is 0 Å². The van der Waals surface area contributed by atoms with Gasteiger partial charge in [-0.1, -0.05) is 0 Å². The number of nitrogens with zero attached hydrogens (tertiary/aromatic N) is 4. The summed E-state index contributed by atoms with van der Waals surface area (Å²) in [6.45, 7) is 4.46. The number of pyridine rings is 1. The normalized spacial score (nSPS) is 17.4. The summed E-state index contributed by atoms with van der Waals surface area (Å²) in [6.07, 6.45) is 6.90. The zero-order valence-electron chi connectivity index (χ0n) is 11.1. The van der Waals surface area contributed by atoms with Crippen LogP contribution in [0.25, 0.3) is 10.6 Å². The van der Waals surface area contributed by atoms with Crippen molar-refractivity contribution in [3.05, 3.63) is 30.0 Å². The van der Waals surface area contributed by atoms with Gasteiger partial charge in [0.2, 0.25) is 0 Å². The third-order valence-corrected chi connectivity index (χ3v) is 4.31. The van der Waals surface area contributed by atoms with Crippen molar-refractivity contribution in [3.63, 3.8) is 0 Å².